The lowest BCUT2D eigenvalue weighted by molar-refractivity contribution is 1.31. The van der Waals surface area contributed by atoms with E-state index in [9.17, 15) is 0 Å². The molecule has 18 heavy (non-hydrogen) atoms. The Labute approximate surface area is 110 Å². The van der Waals surface area contributed by atoms with Gasteiger partial charge >= 0.3 is 0 Å². The van der Waals surface area contributed by atoms with E-state index >= 15 is 0 Å². The van der Waals surface area contributed by atoms with Crippen molar-refractivity contribution in [2.24, 2.45) is 0 Å². The predicted molar refractivity (Wildman–Crippen MR) is 74.5 cm³/mol. The lowest BCUT2D eigenvalue weighted by Crippen LogP contribution is -1.81. The fraction of sp³-hybridized carbons (Fsp3) is 0. The van der Waals surface area contributed by atoms with Gasteiger partial charge in [-0.25, -0.2) is 4.98 Å². The van der Waals surface area contributed by atoms with E-state index in [0.29, 0.717) is 5.15 Å². The summed E-state index contributed by atoms with van der Waals surface area (Å²) in [7, 11) is 0. The summed E-state index contributed by atoms with van der Waals surface area (Å²) in [6.45, 7) is 0. The van der Waals surface area contributed by atoms with Gasteiger partial charge in [0.1, 0.15) is 5.15 Å². The molecule has 0 fully saturated rings. The number of hydrogen-bond acceptors (Lipinski definition) is 1. The fourth-order valence-corrected chi connectivity index (χ4v) is 2.09. The highest BCUT2D eigenvalue weighted by Crippen LogP contribution is 2.25. The minimum atomic E-state index is 0.503. The number of halogens is 1. The molecule has 3 aromatic rings. The third kappa shape index (κ3) is 2.15. The number of hydrogen-bond donors (Lipinski definition) is 1. The molecule has 3 rings (SSSR count). The topological polar surface area (TPSA) is 28.7 Å². The van der Waals surface area contributed by atoms with E-state index in [1.54, 1.807) is 6.20 Å². The summed E-state index contributed by atoms with van der Waals surface area (Å²) in [6, 6.07) is 18.1. The van der Waals surface area contributed by atoms with Crippen LogP contribution in [0.15, 0.2) is 60.8 Å². The number of nitrogens with zero attached hydrogens (tertiary/aromatic N) is 1. The molecule has 3 heteroatoms. The fourth-order valence-electron chi connectivity index (χ4n) is 1.92. The average Bonchev–Trinajstić information content (AvgIpc) is 2.89. The monoisotopic (exact) mass is 254 g/mol. The first kappa shape index (κ1) is 11.1. The van der Waals surface area contributed by atoms with Gasteiger partial charge in [0.2, 0.25) is 0 Å². The summed E-state index contributed by atoms with van der Waals surface area (Å²) in [4.78, 5) is 7.37. The smallest absolute Gasteiger partial charge is 0.129 e. The quantitative estimate of drug-likeness (QED) is 0.675. The molecule has 1 N–H and O–H groups in total. The Morgan fingerprint density at radius 1 is 0.833 bits per heavy atom. The van der Waals surface area contributed by atoms with Crippen LogP contribution < -0.4 is 0 Å². The zero-order valence-electron chi connectivity index (χ0n) is 9.60. The Hall–Kier alpha value is -2.06. The Kier molecular flexibility index (Phi) is 2.87. The molecule has 0 aliphatic rings. The van der Waals surface area contributed by atoms with E-state index in [1.807, 2.05) is 36.4 Å². The van der Waals surface area contributed by atoms with Crippen LogP contribution in [0.2, 0.25) is 5.15 Å². The molecule has 88 valence electrons. The summed E-state index contributed by atoms with van der Waals surface area (Å²) in [6.07, 6.45) is 1.71. The average molecular weight is 255 g/mol. The molecular weight excluding hydrogens is 244 g/mol. The van der Waals surface area contributed by atoms with Gasteiger partial charge in [0.15, 0.2) is 0 Å². The number of aromatic nitrogens is 2. The summed E-state index contributed by atoms with van der Waals surface area (Å²) in [5.41, 5.74) is 4.35. The van der Waals surface area contributed by atoms with Crippen molar-refractivity contribution in [3.63, 3.8) is 0 Å². The first-order valence-corrected chi connectivity index (χ1v) is 6.07. The van der Waals surface area contributed by atoms with Gasteiger partial charge in [-0.1, -0.05) is 41.9 Å². The zero-order chi connectivity index (χ0) is 12.4. The number of pyridine rings is 1. The first-order valence-electron chi connectivity index (χ1n) is 5.69. The van der Waals surface area contributed by atoms with E-state index < -0.39 is 0 Å². The summed E-state index contributed by atoms with van der Waals surface area (Å²) >= 11 is 5.89. The largest absolute Gasteiger partial charge is 0.355 e. The maximum absolute atomic E-state index is 5.89. The Bertz CT molecular complexity index is 659. The molecule has 2 nitrogen and oxygen atoms in total. The molecule has 0 amide bonds. The molecule has 0 saturated heterocycles. The summed E-state index contributed by atoms with van der Waals surface area (Å²) < 4.78 is 0. The second-order valence-corrected chi connectivity index (χ2v) is 4.41. The number of benzene rings is 1. The van der Waals surface area contributed by atoms with Gasteiger partial charge in [0, 0.05) is 23.1 Å². The van der Waals surface area contributed by atoms with Crippen molar-refractivity contribution >= 4 is 11.6 Å². The molecule has 2 aromatic heterocycles. The third-order valence-electron chi connectivity index (χ3n) is 2.81. The standard InChI is InChI=1S/C15H11ClN2/c16-15-10-12(8-9-17-15)14-7-6-13(18-14)11-4-2-1-3-5-11/h1-10,18H. The van der Waals surface area contributed by atoms with Crippen molar-refractivity contribution in [2.45, 2.75) is 0 Å². The highest BCUT2D eigenvalue weighted by Gasteiger charge is 2.04. The lowest BCUT2D eigenvalue weighted by atomic mass is 10.2. The molecule has 0 radical (unpaired) electrons. The van der Waals surface area contributed by atoms with Gasteiger partial charge in [-0.05, 0) is 29.8 Å². The van der Waals surface area contributed by atoms with Crippen LogP contribution in [-0.2, 0) is 0 Å². The molecule has 0 saturated carbocycles. The molecule has 0 aliphatic heterocycles. The van der Waals surface area contributed by atoms with Gasteiger partial charge in [0.05, 0.1) is 0 Å². The van der Waals surface area contributed by atoms with Crippen molar-refractivity contribution in [1.82, 2.24) is 9.97 Å². The zero-order valence-corrected chi connectivity index (χ0v) is 10.4. The molecule has 0 atom stereocenters. The van der Waals surface area contributed by atoms with E-state index in [0.717, 1.165) is 17.0 Å². The second kappa shape index (κ2) is 4.67. The van der Waals surface area contributed by atoms with Crippen molar-refractivity contribution < 1.29 is 0 Å². The van der Waals surface area contributed by atoms with Crippen LogP contribution in [0.3, 0.4) is 0 Å². The number of aromatic amines is 1. The van der Waals surface area contributed by atoms with Crippen LogP contribution in [0.4, 0.5) is 0 Å². The van der Waals surface area contributed by atoms with Crippen LogP contribution in [0, 0.1) is 0 Å². The van der Waals surface area contributed by atoms with Crippen LogP contribution in [0.25, 0.3) is 22.5 Å². The molecule has 0 spiro atoms. The number of rotatable bonds is 2. The minimum absolute atomic E-state index is 0.503. The highest BCUT2D eigenvalue weighted by atomic mass is 35.5. The maximum Gasteiger partial charge on any atom is 0.129 e. The van der Waals surface area contributed by atoms with Crippen molar-refractivity contribution in [3.05, 3.63) is 65.9 Å². The van der Waals surface area contributed by atoms with Crippen LogP contribution in [0.1, 0.15) is 0 Å². The summed E-state index contributed by atoms with van der Waals surface area (Å²) in [5.74, 6) is 0. The molecular formula is C15H11ClN2. The Morgan fingerprint density at radius 2 is 1.56 bits per heavy atom. The molecule has 1 aromatic carbocycles. The van der Waals surface area contributed by atoms with Crippen molar-refractivity contribution in [2.75, 3.05) is 0 Å². The van der Waals surface area contributed by atoms with E-state index in [4.69, 9.17) is 11.6 Å². The van der Waals surface area contributed by atoms with E-state index in [2.05, 4.69) is 28.2 Å². The SMILES string of the molecule is Clc1cc(-c2ccc(-c3ccccc3)[nH]2)ccn1. The summed E-state index contributed by atoms with van der Waals surface area (Å²) in [5, 5.41) is 0.503. The third-order valence-corrected chi connectivity index (χ3v) is 3.02. The van der Waals surface area contributed by atoms with Crippen molar-refractivity contribution in [3.8, 4) is 22.5 Å². The van der Waals surface area contributed by atoms with Gasteiger partial charge in [0.25, 0.3) is 0 Å². The van der Waals surface area contributed by atoms with Crippen LogP contribution >= 0.6 is 11.6 Å². The van der Waals surface area contributed by atoms with Crippen LogP contribution in [-0.4, -0.2) is 9.97 Å². The first-order chi connectivity index (χ1) is 8.83. The molecule has 0 aliphatic carbocycles. The van der Waals surface area contributed by atoms with Crippen LogP contribution in [0.5, 0.6) is 0 Å². The Balaban J connectivity index is 2.00. The second-order valence-electron chi connectivity index (χ2n) is 4.02. The Morgan fingerprint density at radius 3 is 2.28 bits per heavy atom. The predicted octanol–water partition coefficient (Wildman–Crippen LogP) is 4.40. The van der Waals surface area contributed by atoms with E-state index in [1.165, 1.54) is 5.56 Å². The molecule has 0 unspecified atom stereocenters. The lowest BCUT2D eigenvalue weighted by Gasteiger charge is -1.99. The molecule has 2 heterocycles. The number of H-pyrrole nitrogens is 1. The highest BCUT2D eigenvalue weighted by molar-refractivity contribution is 6.29. The van der Waals surface area contributed by atoms with E-state index in [-0.39, 0.29) is 0 Å². The van der Waals surface area contributed by atoms with Gasteiger partial charge in [-0.15, -0.1) is 0 Å². The normalized spacial score (nSPS) is 10.5. The van der Waals surface area contributed by atoms with Gasteiger partial charge in [-0.3, -0.25) is 0 Å². The van der Waals surface area contributed by atoms with Gasteiger partial charge < -0.3 is 4.98 Å². The molecule has 0 bridgehead atoms. The van der Waals surface area contributed by atoms with Gasteiger partial charge in [-0.2, -0.15) is 0 Å². The maximum atomic E-state index is 5.89. The number of nitrogens with one attached hydrogen (secondary N) is 1. The van der Waals surface area contributed by atoms with Crippen molar-refractivity contribution in [1.29, 1.82) is 0 Å². The minimum Gasteiger partial charge on any atom is -0.355 e.